The second-order valence-corrected chi connectivity index (χ2v) is 3.05. The van der Waals surface area contributed by atoms with Gasteiger partial charge < -0.3 is 4.74 Å². The van der Waals surface area contributed by atoms with Crippen LogP contribution in [0.15, 0.2) is 0 Å². The highest BCUT2D eigenvalue weighted by Crippen LogP contribution is 2.39. The molecule has 1 saturated carbocycles. The van der Waals surface area contributed by atoms with E-state index in [0.717, 1.165) is 5.92 Å². The third-order valence-corrected chi connectivity index (χ3v) is 2.33. The second kappa shape index (κ2) is 1.47. The summed E-state index contributed by atoms with van der Waals surface area (Å²) in [5.41, 5.74) is 0. The number of fused-ring (bicyclic) bond motifs is 1. The molecule has 0 aromatic carbocycles. The molecule has 0 spiro atoms. The summed E-state index contributed by atoms with van der Waals surface area (Å²) in [4.78, 5) is 0. The van der Waals surface area contributed by atoms with Crippen molar-refractivity contribution in [3.8, 4) is 0 Å². The van der Waals surface area contributed by atoms with Gasteiger partial charge in [-0.1, -0.05) is 13.3 Å². The van der Waals surface area contributed by atoms with Gasteiger partial charge >= 0.3 is 0 Å². The van der Waals surface area contributed by atoms with E-state index in [-0.39, 0.29) is 1.43 Å². The number of hydrogen-bond donors (Lipinski definition) is 0. The molecule has 0 aromatic heterocycles. The summed E-state index contributed by atoms with van der Waals surface area (Å²) in [5.74, 6) is 0.855. The third-order valence-electron chi connectivity index (χ3n) is 2.33. The highest BCUT2D eigenvalue weighted by Gasteiger charge is 2.44. The average molecular weight is 114 g/mol. The Morgan fingerprint density at radius 3 is 3.00 bits per heavy atom. The summed E-state index contributed by atoms with van der Waals surface area (Å²) >= 11 is 0. The molecule has 1 aliphatic carbocycles. The zero-order chi connectivity index (χ0) is 5.56. The molecule has 1 nitrogen and oxygen atoms in total. The van der Waals surface area contributed by atoms with Gasteiger partial charge in [0, 0.05) is 1.43 Å². The van der Waals surface area contributed by atoms with Crippen LogP contribution in [0, 0.1) is 5.92 Å². The van der Waals surface area contributed by atoms with E-state index in [1.54, 1.807) is 0 Å². The fourth-order valence-electron chi connectivity index (χ4n) is 1.69. The van der Waals surface area contributed by atoms with Gasteiger partial charge in [-0.05, 0) is 18.8 Å². The number of epoxide rings is 1. The van der Waals surface area contributed by atoms with Crippen LogP contribution < -0.4 is 0 Å². The summed E-state index contributed by atoms with van der Waals surface area (Å²) in [7, 11) is 0. The van der Waals surface area contributed by atoms with Crippen molar-refractivity contribution in [3.05, 3.63) is 0 Å². The van der Waals surface area contributed by atoms with Crippen molar-refractivity contribution in [3.63, 3.8) is 0 Å². The van der Waals surface area contributed by atoms with Gasteiger partial charge in [-0.25, -0.2) is 0 Å². The molecular formula is C7H14O. The first-order valence-corrected chi connectivity index (χ1v) is 3.53. The molecule has 1 saturated heterocycles. The first-order valence-electron chi connectivity index (χ1n) is 3.53. The largest absolute Gasteiger partial charge is 0.369 e. The lowest BCUT2D eigenvalue weighted by Gasteiger charge is -2.10. The van der Waals surface area contributed by atoms with E-state index in [1.807, 2.05) is 0 Å². The molecular weight excluding hydrogens is 100 g/mol. The number of rotatable bonds is 0. The van der Waals surface area contributed by atoms with Gasteiger partial charge in [-0.15, -0.1) is 0 Å². The molecule has 0 amide bonds. The van der Waals surface area contributed by atoms with E-state index in [0.29, 0.717) is 12.2 Å². The van der Waals surface area contributed by atoms with E-state index in [9.17, 15) is 0 Å². The molecule has 3 unspecified atom stereocenters. The average Bonchev–Trinajstić information content (AvgIpc) is 2.45. The molecule has 0 bridgehead atoms. The van der Waals surface area contributed by atoms with Crippen LogP contribution in [0.4, 0.5) is 0 Å². The Morgan fingerprint density at radius 2 is 2.38 bits per heavy atom. The standard InChI is InChI=1S/C7H12O.H2/c1-5-3-2-4-6-7(5)8-6;/h5-7H,2-4H2,1H3;1H. The molecule has 48 valence electrons. The van der Waals surface area contributed by atoms with E-state index in [1.165, 1.54) is 19.3 Å². The smallest absolute Gasteiger partial charge is 0.0867 e. The molecule has 0 radical (unpaired) electrons. The van der Waals surface area contributed by atoms with E-state index >= 15 is 0 Å². The molecule has 1 heteroatoms. The van der Waals surface area contributed by atoms with Crippen molar-refractivity contribution < 1.29 is 6.16 Å². The Hall–Kier alpha value is -0.0400. The van der Waals surface area contributed by atoms with Gasteiger partial charge in [-0.2, -0.15) is 0 Å². The van der Waals surface area contributed by atoms with E-state index in [4.69, 9.17) is 4.74 Å². The van der Waals surface area contributed by atoms with Crippen molar-refractivity contribution in [1.29, 1.82) is 0 Å². The van der Waals surface area contributed by atoms with Crippen molar-refractivity contribution in [2.45, 2.75) is 38.4 Å². The Balaban J connectivity index is 0.000000405. The fourth-order valence-corrected chi connectivity index (χ4v) is 1.69. The van der Waals surface area contributed by atoms with Gasteiger partial charge in [0.1, 0.15) is 0 Å². The summed E-state index contributed by atoms with van der Waals surface area (Å²) in [5, 5.41) is 0. The minimum absolute atomic E-state index is 0. The summed E-state index contributed by atoms with van der Waals surface area (Å²) < 4.78 is 5.39. The monoisotopic (exact) mass is 114 g/mol. The van der Waals surface area contributed by atoms with Gasteiger partial charge in [0.25, 0.3) is 0 Å². The SMILES string of the molecule is CC1CCCC2OC12.[HH]. The molecule has 3 atom stereocenters. The Morgan fingerprint density at radius 1 is 1.50 bits per heavy atom. The lowest BCUT2D eigenvalue weighted by atomic mass is 9.91. The van der Waals surface area contributed by atoms with Gasteiger partial charge in [0.2, 0.25) is 0 Å². The molecule has 1 heterocycles. The van der Waals surface area contributed by atoms with Gasteiger partial charge in [0.05, 0.1) is 12.2 Å². The molecule has 8 heavy (non-hydrogen) atoms. The van der Waals surface area contributed by atoms with Crippen molar-refractivity contribution in [2.75, 3.05) is 0 Å². The Kier molecular flexibility index (Phi) is 0.884. The Bertz CT molecular complexity index is 105. The van der Waals surface area contributed by atoms with Crippen LogP contribution in [0.1, 0.15) is 27.6 Å². The topological polar surface area (TPSA) is 12.5 Å². The van der Waals surface area contributed by atoms with Gasteiger partial charge in [0.15, 0.2) is 0 Å². The first kappa shape index (κ1) is 4.80. The maximum Gasteiger partial charge on any atom is 0.0867 e. The van der Waals surface area contributed by atoms with Crippen LogP contribution in [-0.2, 0) is 4.74 Å². The van der Waals surface area contributed by atoms with Crippen molar-refractivity contribution in [1.82, 2.24) is 0 Å². The predicted octanol–water partition coefficient (Wildman–Crippen LogP) is 1.82. The van der Waals surface area contributed by atoms with Crippen LogP contribution in [0.25, 0.3) is 0 Å². The van der Waals surface area contributed by atoms with Crippen molar-refractivity contribution in [2.24, 2.45) is 5.92 Å². The summed E-state index contributed by atoms with van der Waals surface area (Å²) in [6.07, 6.45) is 5.46. The van der Waals surface area contributed by atoms with Crippen LogP contribution in [0.2, 0.25) is 0 Å². The minimum atomic E-state index is 0. The maximum absolute atomic E-state index is 5.39. The van der Waals surface area contributed by atoms with Crippen LogP contribution in [-0.4, -0.2) is 12.2 Å². The molecule has 0 aromatic rings. The minimum Gasteiger partial charge on any atom is -0.369 e. The van der Waals surface area contributed by atoms with Crippen LogP contribution >= 0.6 is 0 Å². The fraction of sp³-hybridized carbons (Fsp3) is 1.00. The van der Waals surface area contributed by atoms with Crippen LogP contribution in [0.5, 0.6) is 0 Å². The normalized spacial score (nSPS) is 52.9. The zero-order valence-electron chi connectivity index (χ0n) is 5.26. The third kappa shape index (κ3) is 0.576. The summed E-state index contributed by atoms with van der Waals surface area (Å²) in [6, 6.07) is 0. The lowest BCUT2D eigenvalue weighted by Crippen LogP contribution is -2.11. The molecule has 2 aliphatic rings. The lowest BCUT2D eigenvalue weighted by molar-refractivity contribution is 0.336. The quantitative estimate of drug-likeness (QED) is 0.438. The molecule has 0 N–H and O–H groups in total. The van der Waals surface area contributed by atoms with Crippen LogP contribution in [0.3, 0.4) is 0 Å². The second-order valence-electron chi connectivity index (χ2n) is 3.05. The zero-order valence-corrected chi connectivity index (χ0v) is 5.26. The van der Waals surface area contributed by atoms with E-state index in [2.05, 4.69) is 6.92 Å². The maximum atomic E-state index is 5.39. The molecule has 2 rings (SSSR count). The van der Waals surface area contributed by atoms with Crippen molar-refractivity contribution >= 4 is 0 Å². The highest BCUT2D eigenvalue weighted by atomic mass is 16.6. The molecule has 2 fully saturated rings. The molecule has 1 aliphatic heterocycles. The first-order chi connectivity index (χ1) is 3.88. The summed E-state index contributed by atoms with van der Waals surface area (Å²) in [6.45, 7) is 2.30. The predicted molar refractivity (Wildman–Crippen MR) is 33.8 cm³/mol. The number of hydrogen-bond acceptors (Lipinski definition) is 1. The van der Waals surface area contributed by atoms with E-state index < -0.39 is 0 Å². The van der Waals surface area contributed by atoms with Gasteiger partial charge in [-0.3, -0.25) is 0 Å². The number of ether oxygens (including phenoxy) is 1. The highest BCUT2D eigenvalue weighted by molar-refractivity contribution is 4.92. The Labute approximate surface area is 51.5 Å².